The number of halogens is 7. The zero-order valence-electron chi connectivity index (χ0n) is 9.44. The average molecular weight is 319 g/mol. The van der Waals surface area contributed by atoms with Gasteiger partial charge in [-0.2, -0.15) is 18.4 Å². The highest BCUT2D eigenvalue weighted by molar-refractivity contribution is 6.17. The van der Waals surface area contributed by atoms with Crippen LogP contribution in [0.15, 0.2) is 6.20 Å². The van der Waals surface area contributed by atoms with Gasteiger partial charge in [-0.15, -0.1) is 24.8 Å². The molecule has 0 amide bonds. The van der Waals surface area contributed by atoms with Crippen molar-refractivity contribution >= 4 is 11.6 Å². The standard InChI is InChI=1S/C10H5ClF6N2O/c11-3-6-8(20-10(15,16)17)7(9(12,13)14)5(1-2-18)4-19-6/h4H,1,3H2. The Kier molecular flexibility index (Phi) is 4.70. The van der Waals surface area contributed by atoms with E-state index >= 15 is 0 Å². The third kappa shape index (κ3) is 3.90. The van der Waals surface area contributed by atoms with Gasteiger partial charge in [0.15, 0.2) is 5.75 Å². The van der Waals surface area contributed by atoms with Crippen molar-refractivity contribution in [2.45, 2.75) is 24.8 Å². The molecule has 0 aromatic carbocycles. The van der Waals surface area contributed by atoms with Crippen LogP contribution in [-0.4, -0.2) is 11.3 Å². The molecule has 0 aliphatic heterocycles. The summed E-state index contributed by atoms with van der Waals surface area (Å²) in [6.45, 7) is 0. The van der Waals surface area contributed by atoms with Crippen molar-refractivity contribution in [3.63, 3.8) is 0 Å². The van der Waals surface area contributed by atoms with Crippen molar-refractivity contribution in [3.05, 3.63) is 23.0 Å². The molecule has 1 aromatic heterocycles. The molecule has 0 saturated carbocycles. The van der Waals surface area contributed by atoms with Gasteiger partial charge in [0.2, 0.25) is 0 Å². The number of hydrogen-bond acceptors (Lipinski definition) is 3. The van der Waals surface area contributed by atoms with Crippen LogP contribution in [0.25, 0.3) is 0 Å². The lowest BCUT2D eigenvalue weighted by molar-refractivity contribution is -0.276. The normalized spacial score (nSPS) is 12.1. The minimum atomic E-state index is -5.34. The van der Waals surface area contributed by atoms with Crippen LogP contribution < -0.4 is 4.74 Å². The van der Waals surface area contributed by atoms with Crippen LogP contribution in [0.4, 0.5) is 26.3 Å². The van der Waals surface area contributed by atoms with Gasteiger partial charge < -0.3 is 4.74 Å². The van der Waals surface area contributed by atoms with E-state index in [4.69, 9.17) is 16.9 Å². The first kappa shape index (κ1) is 16.4. The summed E-state index contributed by atoms with van der Waals surface area (Å²) in [4.78, 5) is 3.37. The van der Waals surface area contributed by atoms with Gasteiger partial charge in [-0.3, -0.25) is 4.98 Å². The van der Waals surface area contributed by atoms with Crippen LogP contribution in [0.5, 0.6) is 5.75 Å². The second-order valence-electron chi connectivity index (χ2n) is 3.45. The molecule has 1 aromatic rings. The molecular formula is C10H5ClF6N2O. The molecule has 10 heteroatoms. The molecule has 0 fully saturated rings. The Bertz CT molecular complexity index is 534. The summed E-state index contributed by atoms with van der Waals surface area (Å²) in [6, 6.07) is 1.41. The van der Waals surface area contributed by atoms with Gasteiger partial charge >= 0.3 is 12.5 Å². The first-order valence-corrected chi connectivity index (χ1v) is 5.40. The predicted octanol–water partition coefficient (Wildman–Crippen LogP) is 3.80. The molecule has 20 heavy (non-hydrogen) atoms. The molecule has 0 N–H and O–H groups in total. The van der Waals surface area contributed by atoms with Crippen molar-refractivity contribution in [3.8, 4) is 11.8 Å². The van der Waals surface area contributed by atoms with E-state index < -0.39 is 47.4 Å². The number of pyridine rings is 1. The van der Waals surface area contributed by atoms with Crippen LogP contribution in [0, 0.1) is 11.3 Å². The molecule has 110 valence electrons. The summed E-state index contributed by atoms with van der Waals surface area (Å²) < 4.78 is 78.7. The quantitative estimate of drug-likeness (QED) is 0.629. The smallest absolute Gasteiger partial charge is 0.403 e. The molecule has 1 heterocycles. The van der Waals surface area contributed by atoms with Crippen LogP contribution >= 0.6 is 11.6 Å². The minimum Gasteiger partial charge on any atom is -0.403 e. The topological polar surface area (TPSA) is 45.9 Å². The lowest BCUT2D eigenvalue weighted by Crippen LogP contribution is -2.23. The number of aromatic nitrogens is 1. The van der Waals surface area contributed by atoms with Gasteiger partial charge in [-0.1, -0.05) is 0 Å². The molecule has 3 nitrogen and oxygen atoms in total. The third-order valence-electron chi connectivity index (χ3n) is 2.08. The number of ether oxygens (including phenoxy) is 1. The summed E-state index contributed by atoms with van der Waals surface area (Å²) in [7, 11) is 0. The van der Waals surface area contributed by atoms with Crippen LogP contribution in [0.2, 0.25) is 0 Å². The summed E-state index contributed by atoms with van der Waals surface area (Å²) in [5.74, 6) is -2.23. The first-order chi connectivity index (χ1) is 9.10. The Morgan fingerprint density at radius 1 is 1.25 bits per heavy atom. The van der Waals surface area contributed by atoms with Crippen LogP contribution in [0.1, 0.15) is 16.8 Å². The van der Waals surface area contributed by atoms with Gasteiger partial charge in [0.25, 0.3) is 0 Å². The van der Waals surface area contributed by atoms with Crippen molar-refractivity contribution in [1.29, 1.82) is 5.26 Å². The fourth-order valence-corrected chi connectivity index (χ4v) is 1.61. The molecule has 0 unspecified atom stereocenters. The Hall–Kier alpha value is -1.69. The van der Waals surface area contributed by atoms with Crippen molar-refractivity contribution < 1.29 is 31.1 Å². The van der Waals surface area contributed by atoms with Gasteiger partial charge in [-0.25, -0.2) is 0 Å². The molecular weight excluding hydrogens is 314 g/mol. The largest absolute Gasteiger partial charge is 0.573 e. The average Bonchev–Trinajstić information content (AvgIpc) is 2.25. The molecule has 0 aliphatic rings. The molecule has 0 bridgehead atoms. The van der Waals surface area contributed by atoms with E-state index in [2.05, 4.69) is 9.72 Å². The number of nitriles is 1. The Labute approximate surface area is 113 Å². The molecule has 0 atom stereocenters. The molecule has 0 saturated heterocycles. The number of hydrogen-bond donors (Lipinski definition) is 0. The summed E-state index contributed by atoms with van der Waals surface area (Å²) in [5, 5.41) is 8.43. The molecule has 0 aliphatic carbocycles. The Morgan fingerprint density at radius 2 is 1.85 bits per heavy atom. The fourth-order valence-electron chi connectivity index (χ4n) is 1.42. The zero-order valence-corrected chi connectivity index (χ0v) is 10.2. The third-order valence-corrected chi connectivity index (χ3v) is 2.34. The number of rotatable bonds is 3. The van der Waals surface area contributed by atoms with Gasteiger partial charge in [0, 0.05) is 11.8 Å². The predicted molar refractivity (Wildman–Crippen MR) is 54.8 cm³/mol. The second kappa shape index (κ2) is 5.75. The van der Waals surface area contributed by atoms with E-state index in [-0.39, 0.29) is 0 Å². The minimum absolute atomic E-state index is 0.660. The van der Waals surface area contributed by atoms with Crippen molar-refractivity contribution in [2.24, 2.45) is 0 Å². The SMILES string of the molecule is N#CCc1cnc(CCl)c(OC(F)(F)F)c1C(F)(F)F. The van der Waals surface area contributed by atoms with Crippen molar-refractivity contribution in [2.75, 3.05) is 0 Å². The van der Waals surface area contributed by atoms with E-state index in [1.165, 1.54) is 6.07 Å². The molecule has 0 radical (unpaired) electrons. The van der Waals surface area contributed by atoms with Gasteiger partial charge in [-0.05, 0) is 0 Å². The molecule has 1 rings (SSSR count). The maximum Gasteiger partial charge on any atom is 0.573 e. The number of nitrogens with zero attached hydrogens (tertiary/aromatic N) is 2. The molecule has 0 spiro atoms. The number of alkyl halides is 7. The Morgan fingerprint density at radius 3 is 2.25 bits per heavy atom. The van der Waals surface area contributed by atoms with Crippen molar-refractivity contribution in [1.82, 2.24) is 4.98 Å². The van der Waals surface area contributed by atoms with Gasteiger partial charge in [0.1, 0.15) is 5.56 Å². The lowest BCUT2D eigenvalue weighted by atomic mass is 10.0. The maximum atomic E-state index is 12.9. The Balaban J connectivity index is 3.57. The summed E-state index contributed by atoms with van der Waals surface area (Å²) in [6.07, 6.45) is -10.6. The van der Waals surface area contributed by atoms with E-state index in [9.17, 15) is 26.3 Å². The highest BCUT2D eigenvalue weighted by atomic mass is 35.5. The highest BCUT2D eigenvalue weighted by Crippen LogP contribution is 2.42. The fraction of sp³-hybridized carbons (Fsp3) is 0.400. The van der Waals surface area contributed by atoms with Gasteiger partial charge in [0.05, 0.1) is 24.1 Å². The van der Waals surface area contributed by atoms with E-state index in [0.29, 0.717) is 6.20 Å². The highest BCUT2D eigenvalue weighted by Gasteiger charge is 2.42. The van der Waals surface area contributed by atoms with Crippen LogP contribution in [0.3, 0.4) is 0 Å². The summed E-state index contributed by atoms with van der Waals surface area (Å²) >= 11 is 5.27. The van der Waals surface area contributed by atoms with E-state index in [1.807, 2.05) is 0 Å². The maximum absolute atomic E-state index is 12.9. The van der Waals surface area contributed by atoms with E-state index in [0.717, 1.165) is 0 Å². The summed E-state index contributed by atoms with van der Waals surface area (Å²) in [5.41, 5.74) is -3.12. The monoisotopic (exact) mass is 318 g/mol. The van der Waals surface area contributed by atoms with E-state index in [1.54, 1.807) is 0 Å². The zero-order chi connectivity index (χ0) is 15.6. The second-order valence-corrected chi connectivity index (χ2v) is 3.72. The van der Waals surface area contributed by atoms with Crippen LogP contribution in [-0.2, 0) is 18.5 Å². The lowest BCUT2D eigenvalue weighted by Gasteiger charge is -2.19. The first-order valence-electron chi connectivity index (χ1n) is 4.86.